The molecule has 0 saturated carbocycles. The highest BCUT2D eigenvalue weighted by atomic mass is 16.1. The monoisotopic (exact) mass is 358 g/mol. The fourth-order valence-corrected chi connectivity index (χ4v) is 3.31. The van der Waals surface area contributed by atoms with Crippen molar-refractivity contribution in [3.05, 3.63) is 82.8 Å². The van der Waals surface area contributed by atoms with E-state index in [2.05, 4.69) is 41.4 Å². The molecule has 0 aliphatic carbocycles. The van der Waals surface area contributed by atoms with Crippen molar-refractivity contribution in [1.82, 2.24) is 20.1 Å². The SMILES string of the molecule is Cc1[nH]c2ccc(CNC(=O)c3cc(C)n(-c4ccccc4)n3)cc2c1C. The minimum absolute atomic E-state index is 0.171. The van der Waals surface area contributed by atoms with E-state index < -0.39 is 0 Å². The van der Waals surface area contributed by atoms with Crippen LogP contribution >= 0.6 is 0 Å². The van der Waals surface area contributed by atoms with E-state index in [1.54, 1.807) is 4.68 Å². The van der Waals surface area contributed by atoms with Crippen molar-refractivity contribution in [1.29, 1.82) is 0 Å². The van der Waals surface area contributed by atoms with Crippen molar-refractivity contribution in [3.63, 3.8) is 0 Å². The van der Waals surface area contributed by atoms with Gasteiger partial charge in [-0.25, -0.2) is 4.68 Å². The van der Waals surface area contributed by atoms with Crippen LogP contribution in [0.1, 0.15) is 33.0 Å². The number of aryl methyl sites for hydroxylation is 3. The van der Waals surface area contributed by atoms with Crippen molar-refractivity contribution in [3.8, 4) is 5.69 Å². The first kappa shape index (κ1) is 17.1. The summed E-state index contributed by atoms with van der Waals surface area (Å²) < 4.78 is 1.78. The summed E-state index contributed by atoms with van der Waals surface area (Å²) in [5.74, 6) is -0.171. The normalized spacial score (nSPS) is 11.1. The maximum absolute atomic E-state index is 12.6. The van der Waals surface area contributed by atoms with Crippen LogP contribution in [0.2, 0.25) is 0 Å². The highest BCUT2D eigenvalue weighted by molar-refractivity contribution is 5.92. The maximum Gasteiger partial charge on any atom is 0.272 e. The van der Waals surface area contributed by atoms with Crippen LogP contribution < -0.4 is 5.32 Å². The van der Waals surface area contributed by atoms with Crippen LogP contribution in [0, 0.1) is 20.8 Å². The number of rotatable bonds is 4. The lowest BCUT2D eigenvalue weighted by molar-refractivity contribution is 0.0945. The molecule has 5 nitrogen and oxygen atoms in total. The lowest BCUT2D eigenvalue weighted by Crippen LogP contribution is -2.23. The predicted molar refractivity (Wildman–Crippen MR) is 107 cm³/mol. The van der Waals surface area contributed by atoms with Crippen LogP contribution in [-0.4, -0.2) is 20.7 Å². The summed E-state index contributed by atoms with van der Waals surface area (Å²) in [7, 11) is 0. The van der Waals surface area contributed by atoms with E-state index in [4.69, 9.17) is 0 Å². The Balaban J connectivity index is 1.51. The Labute approximate surface area is 158 Å². The zero-order valence-corrected chi connectivity index (χ0v) is 15.7. The van der Waals surface area contributed by atoms with E-state index in [-0.39, 0.29) is 5.91 Å². The van der Waals surface area contributed by atoms with E-state index >= 15 is 0 Å². The molecular formula is C22H22N4O. The summed E-state index contributed by atoms with van der Waals surface area (Å²) >= 11 is 0. The van der Waals surface area contributed by atoms with Gasteiger partial charge >= 0.3 is 0 Å². The molecule has 0 fully saturated rings. The average Bonchev–Trinajstić information content (AvgIpc) is 3.21. The van der Waals surface area contributed by atoms with Gasteiger partial charge < -0.3 is 10.3 Å². The van der Waals surface area contributed by atoms with Gasteiger partial charge in [-0.1, -0.05) is 24.3 Å². The first-order valence-corrected chi connectivity index (χ1v) is 9.01. The fourth-order valence-electron chi connectivity index (χ4n) is 3.31. The zero-order valence-electron chi connectivity index (χ0n) is 15.7. The van der Waals surface area contributed by atoms with Gasteiger partial charge in [0.2, 0.25) is 0 Å². The number of carbonyl (C=O) groups excluding carboxylic acids is 1. The number of nitrogens with zero attached hydrogens (tertiary/aromatic N) is 2. The highest BCUT2D eigenvalue weighted by Crippen LogP contribution is 2.22. The molecule has 0 spiro atoms. The number of para-hydroxylation sites is 1. The molecule has 2 N–H and O–H groups in total. The van der Waals surface area contributed by atoms with Crippen LogP contribution in [0.4, 0.5) is 0 Å². The van der Waals surface area contributed by atoms with Crippen LogP contribution in [0.25, 0.3) is 16.6 Å². The molecule has 4 aromatic rings. The molecule has 1 amide bonds. The third-order valence-electron chi connectivity index (χ3n) is 4.95. The number of fused-ring (bicyclic) bond motifs is 1. The topological polar surface area (TPSA) is 62.7 Å². The molecule has 0 unspecified atom stereocenters. The maximum atomic E-state index is 12.6. The largest absolute Gasteiger partial charge is 0.358 e. The Kier molecular flexibility index (Phi) is 4.28. The second-order valence-electron chi connectivity index (χ2n) is 6.86. The number of hydrogen-bond donors (Lipinski definition) is 2. The number of hydrogen-bond acceptors (Lipinski definition) is 2. The first-order valence-electron chi connectivity index (χ1n) is 9.01. The van der Waals surface area contributed by atoms with Gasteiger partial charge in [-0.3, -0.25) is 4.79 Å². The third kappa shape index (κ3) is 3.24. The molecule has 27 heavy (non-hydrogen) atoms. The molecule has 0 aliphatic rings. The average molecular weight is 358 g/mol. The summed E-state index contributed by atoms with van der Waals surface area (Å²) in [4.78, 5) is 15.9. The van der Waals surface area contributed by atoms with E-state index in [1.165, 1.54) is 16.6 Å². The number of carbonyl (C=O) groups is 1. The van der Waals surface area contributed by atoms with Crippen LogP contribution in [0.3, 0.4) is 0 Å². The summed E-state index contributed by atoms with van der Waals surface area (Å²) in [5, 5.41) is 8.63. The van der Waals surface area contributed by atoms with Crippen molar-refractivity contribution >= 4 is 16.8 Å². The fraction of sp³-hybridized carbons (Fsp3) is 0.182. The number of aromatic nitrogens is 3. The lowest BCUT2D eigenvalue weighted by atomic mass is 10.1. The van der Waals surface area contributed by atoms with Crippen LogP contribution in [0.5, 0.6) is 0 Å². The molecule has 0 radical (unpaired) electrons. The van der Waals surface area contributed by atoms with Crippen LogP contribution in [-0.2, 0) is 6.54 Å². The smallest absolute Gasteiger partial charge is 0.272 e. The molecule has 2 aromatic carbocycles. The van der Waals surface area contributed by atoms with Gasteiger partial charge in [-0.2, -0.15) is 5.10 Å². The summed E-state index contributed by atoms with van der Waals surface area (Å²) in [5.41, 5.74) is 6.90. The van der Waals surface area contributed by atoms with Gasteiger partial charge in [0.25, 0.3) is 5.91 Å². The summed E-state index contributed by atoms with van der Waals surface area (Å²) in [6.07, 6.45) is 0. The molecule has 4 rings (SSSR count). The van der Waals surface area contributed by atoms with E-state index in [0.717, 1.165) is 22.5 Å². The van der Waals surface area contributed by atoms with Gasteiger partial charge in [0.15, 0.2) is 5.69 Å². The van der Waals surface area contributed by atoms with Gasteiger partial charge in [-0.05, 0) is 62.2 Å². The molecule has 0 aliphatic heterocycles. The first-order chi connectivity index (χ1) is 13.0. The van der Waals surface area contributed by atoms with Crippen LogP contribution in [0.15, 0.2) is 54.6 Å². The van der Waals surface area contributed by atoms with Gasteiger partial charge in [0.05, 0.1) is 5.69 Å². The van der Waals surface area contributed by atoms with E-state index in [9.17, 15) is 4.79 Å². The molecule has 5 heteroatoms. The number of benzene rings is 2. The quantitative estimate of drug-likeness (QED) is 0.574. The number of H-pyrrole nitrogens is 1. The molecule has 0 saturated heterocycles. The molecular weight excluding hydrogens is 336 g/mol. The van der Waals surface area contributed by atoms with Gasteiger partial charge in [0, 0.05) is 28.8 Å². The Hall–Kier alpha value is -3.34. The Bertz CT molecular complexity index is 1120. The minimum Gasteiger partial charge on any atom is -0.358 e. The summed E-state index contributed by atoms with van der Waals surface area (Å²) in [6.45, 7) is 6.59. The minimum atomic E-state index is -0.171. The Morgan fingerprint density at radius 2 is 1.85 bits per heavy atom. The van der Waals surface area contributed by atoms with Gasteiger partial charge in [0.1, 0.15) is 0 Å². The van der Waals surface area contributed by atoms with Gasteiger partial charge in [-0.15, -0.1) is 0 Å². The van der Waals surface area contributed by atoms with Crippen molar-refractivity contribution < 1.29 is 4.79 Å². The van der Waals surface area contributed by atoms with Crippen molar-refractivity contribution in [2.75, 3.05) is 0 Å². The second kappa shape index (κ2) is 6.76. The molecule has 2 heterocycles. The van der Waals surface area contributed by atoms with E-state index in [0.29, 0.717) is 12.2 Å². The molecule has 2 aromatic heterocycles. The molecule has 0 bridgehead atoms. The molecule has 0 atom stereocenters. The summed E-state index contributed by atoms with van der Waals surface area (Å²) in [6, 6.07) is 17.8. The standard InChI is InChI=1S/C22H22N4O/c1-14-11-21(25-26(14)18-7-5-4-6-8-18)22(27)23-13-17-9-10-20-19(12-17)15(2)16(3)24-20/h4-12,24H,13H2,1-3H3,(H,23,27). The highest BCUT2D eigenvalue weighted by Gasteiger charge is 2.13. The predicted octanol–water partition coefficient (Wildman–Crippen LogP) is 4.21. The number of amides is 1. The zero-order chi connectivity index (χ0) is 19.0. The van der Waals surface area contributed by atoms with Crippen molar-refractivity contribution in [2.24, 2.45) is 0 Å². The molecule has 136 valence electrons. The van der Waals surface area contributed by atoms with Crippen molar-refractivity contribution in [2.45, 2.75) is 27.3 Å². The number of aromatic amines is 1. The second-order valence-corrected chi connectivity index (χ2v) is 6.86. The Morgan fingerprint density at radius 1 is 1.07 bits per heavy atom. The number of nitrogens with one attached hydrogen (secondary N) is 2. The lowest BCUT2D eigenvalue weighted by Gasteiger charge is -2.05. The third-order valence-corrected chi connectivity index (χ3v) is 4.95. The van der Waals surface area contributed by atoms with E-state index in [1.807, 2.05) is 49.4 Å². The Morgan fingerprint density at radius 3 is 2.63 bits per heavy atom.